The number of fused-ring (bicyclic) bond motifs is 11. The van der Waals surface area contributed by atoms with Crippen molar-refractivity contribution in [3.8, 4) is 0 Å². The van der Waals surface area contributed by atoms with Gasteiger partial charge in [-0.2, -0.15) is 0 Å². The molecular formula is C50H66N4O7. The van der Waals surface area contributed by atoms with E-state index < -0.39 is 34.9 Å². The van der Waals surface area contributed by atoms with Crippen LogP contribution < -0.4 is 5.43 Å². The lowest BCUT2D eigenvalue weighted by molar-refractivity contribution is -0.144. The number of nitrogens with one attached hydrogen (secondary N) is 1. The average Bonchev–Trinajstić information content (AvgIpc) is 3.86. The van der Waals surface area contributed by atoms with Gasteiger partial charge in [0, 0.05) is 65.1 Å². The van der Waals surface area contributed by atoms with Gasteiger partial charge < -0.3 is 29.2 Å². The van der Waals surface area contributed by atoms with Crippen LogP contribution in [0.15, 0.2) is 48.1 Å². The summed E-state index contributed by atoms with van der Waals surface area (Å²) in [5.74, 6) is 0.0141. The first-order chi connectivity index (χ1) is 28.6. The SMILES string of the molecule is C=C(C)[C@H]1C(=O)c2c3c(cc4c5c(n1c24)[C@@]1(C)[C@@H](CC[C@H]2[C@](C)(/C=C/C=C(\C)C(=O)NN4CCN(C(=O)OCC)CC4)[C@@H](O)CC[C@@]21C)C5)C1=CC(C)(C)OC(C)(C)[C@H]1[C@@H]3O. The molecule has 1 aromatic carbocycles. The number of rotatable bonds is 6. The largest absolute Gasteiger partial charge is 0.450 e. The molecule has 11 heteroatoms. The number of aliphatic hydroxyl groups is 2. The highest BCUT2D eigenvalue weighted by Crippen LogP contribution is 2.71. The number of allylic oxidation sites excluding steroid dienone is 3. The van der Waals surface area contributed by atoms with Crippen LogP contribution in [0, 0.1) is 28.6 Å². The first-order valence-electron chi connectivity index (χ1n) is 22.7. The average molecular weight is 835 g/mol. The number of hydrogen-bond acceptors (Lipinski definition) is 8. The maximum absolute atomic E-state index is 15.0. The van der Waals surface area contributed by atoms with Gasteiger partial charge in [0.1, 0.15) is 6.04 Å². The maximum Gasteiger partial charge on any atom is 0.409 e. The molecule has 2 saturated carbocycles. The second-order valence-corrected chi connectivity index (χ2v) is 21.1. The Balaban J connectivity index is 1.07. The van der Waals surface area contributed by atoms with Gasteiger partial charge in [0.15, 0.2) is 5.78 Å². The molecule has 4 heterocycles. The molecule has 4 aliphatic carbocycles. The van der Waals surface area contributed by atoms with Crippen LogP contribution in [0.4, 0.5) is 4.79 Å². The maximum atomic E-state index is 15.0. The van der Waals surface area contributed by atoms with E-state index in [1.165, 1.54) is 11.3 Å². The first-order valence-corrected chi connectivity index (χ1v) is 22.7. The fraction of sp³-hybridized carbons (Fsp3) is 0.620. The van der Waals surface area contributed by atoms with Gasteiger partial charge in [0.05, 0.1) is 41.1 Å². The smallest absolute Gasteiger partial charge is 0.409 e. The number of carbonyl (C=O) groups excluding carboxylic acids is 3. The third-order valence-corrected chi connectivity index (χ3v) is 16.8. The summed E-state index contributed by atoms with van der Waals surface area (Å²) in [7, 11) is 0. The number of benzene rings is 1. The van der Waals surface area contributed by atoms with Crippen molar-refractivity contribution in [1.29, 1.82) is 0 Å². The minimum atomic E-state index is -0.873. The molecule has 328 valence electrons. The molecule has 9 atom stereocenters. The molecule has 2 aromatic rings. The highest BCUT2D eigenvalue weighted by atomic mass is 16.6. The molecule has 9 rings (SSSR count). The van der Waals surface area contributed by atoms with Crippen LogP contribution in [0.2, 0.25) is 0 Å². The van der Waals surface area contributed by atoms with Crippen molar-refractivity contribution in [3.63, 3.8) is 0 Å². The predicted octanol–water partition coefficient (Wildman–Crippen LogP) is 7.90. The summed E-state index contributed by atoms with van der Waals surface area (Å²) >= 11 is 0. The summed E-state index contributed by atoms with van der Waals surface area (Å²) in [6.07, 6.45) is 10.7. The van der Waals surface area contributed by atoms with Crippen LogP contribution in [0.5, 0.6) is 0 Å². The van der Waals surface area contributed by atoms with Crippen LogP contribution in [0.1, 0.15) is 140 Å². The van der Waals surface area contributed by atoms with Gasteiger partial charge in [-0.1, -0.05) is 51.2 Å². The van der Waals surface area contributed by atoms with Gasteiger partial charge in [-0.25, -0.2) is 9.80 Å². The molecule has 11 nitrogen and oxygen atoms in total. The van der Waals surface area contributed by atoms with Gasteiger partial charge in [-0.3, -0.25) is 15.0 Å². The molecule has 3 N–H and O–H groups in total. The number of ether oxygens (including phenoxy) is 2. The summed E-state index contributed by atoms with van der Waals surface area (Å²) in [6.45, 7) is 27.6. The molecule has 1 aromatic heterocycles. The van der Waals surface area contributed by atoms with E-state index in [0.717, 1.165) is 58.9 Å². The normalized spacial score (nSPS) is 36.0. The molecule has 0 radical (unpaired) electrons. The van der Waals surface area contributed by atoms with E-state index in [4.69, 9.17) is 9.47 Å². The van der Waals surface area contributed by atoms with Crippen molar-refractivity contribution in [2.45, 2.75) is 136 Å². The Kier molecular flexibility index (Phi) is 9.69. The van der Waals surface area contributed by atoms with E-state index in [9.17, 15) is 19.8 Å². The van der Waals surface area contributed by atoms with Crippen molar-refractivity contribution in [1.82, 2.24) is 19.9 Å². The van der Waals surface area contributed by atoms with Crippen LogP contribution in [0.25, 0.3) is 16.5 Å². The molecule has 7 aliphatic rings. The summed E-state index contributed by atoms with van der Waals surface area (Å²) in [5.41, 5.74) is 9.02. The molecule has 0 unspecified atom stereocenters. The monoisotopic (exact) mass is 834 g/mol. The van der Waals surface area contributed by atoms with Crippen molar-refractivity contribution in [3.05, 3.63) is 76.0 Å². The fourth-order valence-corrected chi connectivity index (χ4v) is 14.0. The number of Topliss-reactive ketones (excluding diaryl/α,β-unsaturated/α-hetero) is 1. The molecule has 61 heavy (non-hydrogen) atoms. The van der Waals surface area contributed by atoms with Gasteiger partial charge in [-0.15, -0.1) is 0 Å². The highest BCUT2D eigenvalue weighted by molar-refractivity contribution is 6.18. The van der Waals surface area contributed by atoms with E-state index in [-0.39, 0.29) is 40.4 Å². The molecule has 0 bridgehead atoms. The Morgan fingerprint density at radius 3 is 2.41 bits per heavy atom. The number of aliphatic hydroxyl groups excluding tert-OH is 2. The van der Waals surface area contributed by atoms with Gasteiger partial charge in [0.25, 0.3) is 5.91 Å². The number of piperazine rings is 1. The molecular weight excluding hydrogens is 769 g/mol. The lowest BCUT2D eigenvalue weighted by Crippen LogP contribution is -2.62. The van der Waals surface area contributed by atoms with Crippen molar-refractivity contribution < 1.29 is 34.1 Å². The van der Waals surface area contributed by atoms with Crippen LogP contribution in [-0.4, -0.2) is 92.6 Å². The first kappa shape index (κ1) is 42.3. The van der Waals surface area contributed by atoms with E-state index in [1.54, 1.807) is 18.7 Å². The van der Waals surface area contributed by atoms with E-state index in [2.05, 4.69) is 83.3 Å². The Labute approximate surface area is 360 Å². The van der Waals surface area contributed by atoms with Gasteiger partial charge in [-0.05, 0) is 127 Å². The molecule has 3 aliphatic heterocycles. The van der Waals surface area contributed by atoms with E-state index in [0.29, 0.717) is 56.3 Å². The van der Waals surface area contributed by atoms with Crippen LogP contribution >= 0.6 is 0 Å². The number of ketones is 1. The van der Waals surface area contributed by atoms with Crippen molar-refractivity contribution in [2.75, 3.05) is 32.8 Å². The zero-order valence-corrected chi connectivity index (χ0v) is 37.9. The zero-order chi connectivity index (χ0) is 43.9. The summed E-state index contributed by atoms with van der Waals surface area (Å²) in [5, 5.41) is 27.2. The van der Waals surface area contributed by atoms with Crippen LogP contribution in [0.3, 0.4) is 0 Å². The number of aromatic nitrogens is 1. The third kappa shape index (κ3) is 5.85. The zero-order valence-electron chi connectivity index (χ0n) is 37.9. The lowest BCUT2D eigenvalue weighted by atomic mass is 9.40. The second-order valence-electron chi connectivity index (χ2n) is 21.1. The van der Waals surface area contributed by atoms with Gasteiger partial charge >= 0.3 is 6.09 Å². The lowest BCUT2D eigenvalue weighted by Gasteiger charge is -2.64. The number of hydrogen-bond donors (Lipinski definition) is 3. The number of hydrazine groups is 1. The Morgan fingerprint density at radius 2 is 1.74 bits per heavy atom. The second kappa shape index (κ2) is 14.0. The topological polar surface area (TPSA) is 134 Å². The Bertz CT molecular complexity index is 2360. The summed E-state index contributed by atoms with van der Waals surface area (Å²) < 4.78 is 14.0. The Hall–Kier alpha value is -4.03. The molecule has 0 spiro atoms. The number of amides is 2. The standard InChI is InChI=1S/C50H66N4O7/c1-12-60-45(59)52-20-22-53(23-21-52)51-44(58)28(4)14-13-18-48(9)34-16-15-29-24-32-31-25-30-33-26-46(5,6)61-47(7,8)38(33)41(56)36(30)37-40(31)54(39(27(2)3)42(37)57)43(32)50(29,11)49(34,10)19-17-35(48)55/h13-14,18,25-26,29,34-35,38-39,41,55-56H,2,12,15-17,19-24H2,1,3-11H3,(H,51,58)/b18-13+,28-14+/t29-,34-,35-,38+,39-,41+,48-,49-,50+/m0/s1. The number of nitrogens with zero attached hydrogens (tertiary/aromatic N) is 3. The van der Waals surface area contributed by atoms with Gasteiger partial charge in [0.2, 0.25) is 0 Å². The fourth-order valence-electron chi connectivity index (χ4n) is 14.0. The predicted molar refractivity (Wildman–Crippen MR) is 236 cm³/mol. The quantitative estimate of drug-likeness (QED) is 0.152. The van der Waals surface area contributed by atoms with Crippen molar-refractivity contribution in [2.24, 2.45) is 28.6 Å². The molecule has 1 saturated heterocycles. The number of carbonyl (C=O) groups is 3. The summed E-state index contributed by atoms with van der Waals surface area (Å²) in [4.78, 5) is 42.1. The van der Waals surface area contributed by atoms with Crippen LogP contribution in [-0.2, 0) is 26.1 Å². The highest BCUT2D eigenvalue weighted by Gasteiger charge is 2.68. The minimum absolute atomic E-state index is 0.0185. The summed E-state index contributed by atoms with van der Waals surface area (Å²) in [6, 6.07) is 1.74. The van der Waals surface area contributed by atoms with E-state index >= 15 is 4.79 Å². The van der Waals surface area contributed by atoms with E-state index in [1.807, 2.05) is 24.1 Å². The Morgan fingerprint density at radius 1 is 1.03 bits per heavy atom. The third-order valence-electron chi connectivity index (χ3n) is 16.8. The minimum Gasteiger partial charge on any atom is -0.450 e. The molecule has 2 amide bonds. The molecule has 3 fully saturated rings. The van der Waals surface area contributed by atoms with Crippen molar-refractivity contribution >= 4 is 34.3 Å².